The van der Waals surface area contributed by atoms with Gasteiger partial charge in [-0.15, -0.1) is 11.3 Å². The fourth-order valence-corrected chi connectivity index (χ4v) is 4.13. The maximum atomic E-state index is 12.5. The van der Waals surface area contributed by atoms with E-state index in [0.717, 1.165) is 12.0 Å². The number of ether oxygens (including phenoxy) is 1. The lowest BCUT2D eigenvalue weighted by atomic mass is 10.1. The summed E-state index contributed by atoms with van der Waals surface area (Å²) in [4.78, 5) is 30.5. The van der Waals surface area contributed by atoms with Crippen LogP contribution in [0.4, 0.5) is 15.6 Å². The van der Waals surface area contributed by atoms with Gasteiger partial charge in [0.1, 0.15) is 12.4 Å². The van der Waals surface area contributed by atoms with Gasteiger partial charge in [-0.3, -0.25) is 9.69 Å². The first-order valence-electron chi connectivity index (χ1n) is 10.2. The van der Waals surface area contributed by atoms with Gasteiger partial charge in [0, 0.05) is 30.2 Å². The number of amides is 3. The Morgan fingerprint density at radius 3 is 2.97 bits per heavy atom. The Balaban J connectivity index is 1.33. The smallest absolute Gasteiger partial charge is 0.323 e. The first-order valence-corrected chi connectivity index (χ1v) is 11.0. The molecular weight excluding hydrogens is 412 g/mol. The largest absolute Gasteiger partial charge is 0.489 e. The van der Waals surface area contributed by atoms with Crippen molar-refractivity contribution in [3.05, 3.63) is 70.7 Å². The van der Waals surface area contributed by atoms with Crippen LogP contribution in [-0.4, -0.2) is 30.0 Å². The van der Waals surface area contributed by atoms with Gasteiger partial charge in [0.05, 0.1) is 12.1 Å². The average molecular weight is 437 g/mol. The normalized spacial score (nSPS) is 13.6. The lowest BCUT2D eigenvalue weighted by molar-refractivity contribution is -0.115. The molecule has 3 amide bonds. The number of aromatic nitrogens is 1. The molecule has 1 aromatic heterocycles. The van der Waals surface area contributed by atoms with Crippen LogP contribution < -0.4 is 20.3 Å². The summed E-state index contributed by atoms with van der Waals surface area (Å²) in [5.41, 5.74) is 3.61. The van der Waals surface area contributed by atoms with Gasteiger partial charge in [-0.05, 0) is 36.6 Å². The number of hydrogen-bond donors (Lipinski definition) is 2. The fraction of sp³-hybridized carbons (Fsp3) is 0.261. The molecular formula is C23H24N4O3S. The third-order valence-electron chi connectivity index (χ3n) is 4.97. The molecule has 0 radical (unpaired) electrons. The molecule has 160 valence electrons. The first kappa shape index (κ1) is 20.9. The Kier molecular flexibility index (Phi) is 6.47. The van der Waals surface area contributed by atoms with E-state index < -0.39 is 0 Å². The average Bonchev–Trinajstić information content (AvgIpc) is 3.22. The molecule has 2 N–H and O–H groups in total. The zero-order valence-corrected chi connectivity index (χ0v) is 18.1. The summed E-state index contributed by atoms with van der Waals surface area (Å²) in [7, 11) is 0. The number of nitrogens with one attached hydrogen (secondary N) is 2. The van der Waals surface area contributed by atoms with Crippen molar-refractivity contribution in [3.8, 4) is 5.75 Å². The summed E-state index contributed by atoms with van der Waals surface area (Å²) in [6.45, 7) is 3.84. The number of benzene rings is 2. The molecule has 2 heterocycles. The van der Waals surface area contributed by atoms with Crippen LogP contribution in [0.15, 0.2) is 53.9 Å². The molecule has 8 heteroatoms. The number of nitrogens with zero attached hydrogens (tertiary/aromatic N) is 2. The van der Waals surface area contributed by atoms with Crippen LogP contribution in [-0.2, 0) is 17.8 Å². The lowest BCUT2D eigenvalue weighted by Crippen LogP contribution is -2.46. The van der Waals surface area contributed by atoms with Crippen molar-refractivity contribution in [2.75, 3.05) is 23.3 Å². The number of thiazole rings is 1. The minimum atomic E-state index is -0.170. The summed E-state index contributed by atoms with van der Waals surface area (Å²) in [6, 6.07) is 15.3. The second-order valence-electron chi connectivity index (χ2n) is 7.33. The highest BCUT2D eigenvalue weighted by atomic mass is 32.1. The number of rotatable bonds is 7. The van der Waals surface area contributed by atoms with Crippen molar-refractivity contribution in [2.45, 2.75) is 26.4 Å². The zero-order chi connectivity index (χ0) is 21.6. The maximum absolute atomic E-state index is 12.5. The van der Waals surface area contributed by atoms with E-state index in [1.54, 1.807) is 11.0 Å². The first-order chi connectivity index (χ1) is 15.1. The number of urea groups is 1. The van der Waals surface area contributed by atoms with Gasteiger partial charge in [-0.2, -0.15) is 0 Å². The standard InChI is InChI=1S/C23H24N4O3S/c1-16-6-2-3-7-17(16)14-30-20-9-4-8-18(12-20)25-21(28)13-19-15-31-23(26-19)27-11-5-10-24-22(27)29/h2-4,6-9,12,15H,5,10-11,13-14H2,1H3,(H,24,29)(H,25,28). The van der Waals surface area contributed by atoms with Gasteiger partial charge < -0.3 is 15.4 Å². The number of hydrogen-bond acceptors (Lipinski definition) is 5. The molecule has 1 aliphatic rings. The van der Waals surface area contributed by atoms with Crippen molar-refractivity contribution in [2.24, 2.45) is 0 Å². The molecule has 1 aliphatic heterocycles. The molecule has 31 heavy (non-hydrogen) atoms. The molecule has 0 unspecified atom stereocenters. The molecule has 4 rings (SSSR count). The summed E-state index contributed by atoms with van der Waals surface area (Å²) in [5.74, 6) is 0.518. The number of carbonyl (C=O) groups is 2. The van der Waals surface area contributed by atoms with E-state index in [1.165, 1.54) is 16.9 Å². The molecule has 2 aromatic carbocycles. The van der Waals surface area contributed by atoms with Gasteiger partial charge in [-0.1, -0.05) is 30.3 Å². The van der Waals surface area contributed by atoms with Gasteiger partial charge in [-0.25, -0.2) is 9.78 Å². The van der Waals surface area contributed by atoms with Crippen LogP contribution >= 0.6 is 11.3 Å². The van der Waals surface area contributed by atoms with E-state index in [4.69, 9.17) is 4.74 Å². The van der Waals surface area contributed by atoms with Crippen LogP contribution in [0.3, 0.4) is 0 Å². The Bertz CT molecular complexity index is 1080. The molecule has 7 nitrogen and oxygen atoms in total. The predicted octanol–water partition coefficient (Wildman–Crippen LogP) is 4.13. The van der Waals surface area contributed by atoms with Crippen molar-refractivity contribution >= 4 is 34.1 Å². The lowest BCUT2D eigenvalue weighted by Gasteiger charge is -2.24. The fourth-order valence-electron chi connectivity index (χ4n) is 3.28. The van der Waals surface area contributed by atoms with Gasteiger partial charge in [0.25, 0.3) is 0 Å². The van der Waals surface area contributed by atoms with Crippen LogP contribution in [0, 0.1) is 6.92 Å². The minimum absolute atomic E-state index is 0.139. The highest BCUT2D eigenvalue weighted by Crippen LogP contribution is 2.23. The molecule has 0 atom stereocenters. The molecule has 0 saturated carbocycles. The third kappa shape index (κ3) is 5.40. The van der Waals surface area contributed by atoms with Gasteiger partial charge >= 0.3 is 6.03 Å². The Morgan fingerprint density at radius 2 is 2.13 bits per heavy atom. The van der Waals surface area contributed by atoms with Crippen LogP contribution in [0.1, 0.15) is 23.2 Å². The molecule has 3 aromatic rings. The number of carbonyl (C=O) groups excluding carboxylic acids is 2. The maximum Gasteiger partial charge on any atom is 0.323 e. The summed E-state index contributed by atoms with van der Waals surface area (Å²) < 4.78 is 5.89. The number of anilines is 2. The second kappa shape index (κ2) is 9.61. The van der Waals surface area contributed by atoms with E-state index >= 15 is 0 Å². The third-order valence-corrected chi connectivity index (χ3v) is 5.88. The molecule has 0 spiro atoms. The zero-order valence-electron chi connectivity index (χ0n) is 17.3. The molecule has 0 aliphatic carbocycles. The van der Waals surface area contributed by atoms with E-state index in [1.807, 2.05) is 41.8 Å². The minimum Gasteiger partial charge on any atom is -0.489 e. The van der Waals surface area contributed by atoms with Crippen LogP contribution in [0.5, 0.6) is 5.75 Å². The summed E-state index contributed by atoms with van der Waals surface area (Å²) in [6.07, 6.45) is 1.02. The highest BCUT2D eigenvalue weighted by Gasteiger charge is 2.22. The molecule has 1 fully saturated rings. The van der Waals surface area contributed by atoms with Crippen molar-refractivity contribution in [3.63, 3.8) is 0 Å². The van der Waals surface area contributed by atoms with Crippen LogP contribution in [0.25, 0.3) is 0 Å². The van der Waals surface area contributed by atoms with E-state index in [-0.39, 0.29) is 18.4 Å². The van der Waals surface area contributed by atoms with Gasteiger partial charge in [0.2, 0.25) is 5.91 Å². The summed E-state index contributed by atoms with van der Waals surface area (Å²) >= 11 is 1.37. The predicted molar refractivity (Wildman–Crippen MR) is 122 cm³/mol. The highest BCUT2D eigenvalue weighted by molar-refractivity contribution is 7.14. The Labute approximate surface area is 185 Å². The van der Waals surface area contributed by atoms with Crippen molar-refractivity contribution in [1.82, 2.24) is 10.3 Å². The van der Waals surface area contributed by atoms with Crippen molar-refractivity contribution in [1.29, 1.82) is 0 Å². The van der Waals surface area contributed by atoms with E-state index in [0.29, 0.717) is 42.0 Å². The SMILES string of the molecule is Cc1ccccc1COc1cccc(NC(=O)Cc2csc(N3CCCNC3=O)n2)c1. The number of aryl methyl sites for hydroxylation is 1. The Morgan fingerprint density at radius 1 is 1.26 bits per heavy atom. The molecule has 0 bridgehead atoms. The monoisotopic (exact) mass is 436 g/mol. The summed E-state index contributed by atoms with van der Waals surface area (Å²) in [5, 5.41) is 8.13. The quantitative estimate of drug-likeness (QED) is 0.583. The van der Waals surface area contributed by atoms with Gasteiger partial charge in [0.15, 0.2) is 5.13 Å². The van der Waals surface area contributed by atoms with E-state index in [2.05, 4.69) is 28.6 Å². The topological polar surface area (TPSA) is 83.6 Å². The van der Waals surface area contributed by atoms with E-state index in [9.17, 15) is 9.59 Å². The second-order valence-corrected chi connectivity index (χ2v) is 8.16. The van der Waals surface area contributed by atoms with Crippen molar-refractivity contribution < 1.29 is 14.3 Å². The Hall–Kier alpha value is -3.39. The molecule has 1 saturated heterocycles. The van der Waals surface area contributed by atoms with Crippen LogP contribution in [0.2, 0.25) is 0 Å².